The van der Waals surface area contributed by atoms with Crippen molar-refractivity contribution < 1.29 is 35.8 Å². The zero-order valence-corrected chi connectivity index (χ0v) is 22.9. The molecule has 0 bridgehead atoms. The van der Waals surface area contributed by atoms with Crippen LogP contribution in [-0.2, 0) is 0 Å². The van der Waals surface area contributed by atoms with Gasteiger partial charge in [0.15, 0.2) is 17.4 Å². The van der Waals surface area contributed by atoms with Crippen LogP contribution in [0.2, 0.25) is 0 Å². The maximum absolute atomic E-state index is 14.6. The van der Waals surface area contributed by atoms with E-state index in [0.717, 1.165) is 50.7 Å². The summed E-state index contributed by atoms with van der Waals surface area (Å²) in [6.45, 7) is 4.54. The van der Waals surface area contributed by atoms with E-state index in [2.05, 4.69) is 18.8 Å². The first kappa shape index (κ1) is 31.5. The van der Waals surface area contributed by atoms with Gasteiger partial charge in [0.2, 0.25) is 11.6 Å². The Kier molecular flexibility index (Phi) is 12.0. The van der Waals surface area contributed by atoms with Crippen LogP contribution in [0.1, 0.15) is 81.0 Å². The Morgan fingerprint density at radius 1 is 0.537 bits per heavy atom. The zero-order chi connectivity index (χ0) is 29.8. The maximum atomic E-state index is 14.6. The molecule has 0 amide bonds. The lowest BCUT2D eigenvalue weighted by Crippen LogP contribution is -2.08. The van der Waals surface area contributed by atoms with Gasteiger partial charge in [-0.25, -0.2) is 17.6 Å². The lowest BCUT2D eigenvalue weighted by molar-refractivity contribution is 0.263. The first-order valence-electron chi connectivity index (χ1n) is 13.5. The minimum atomic E-state index is -1.82. The third kappa shape index (κ3) is 8.72. The van der Waals surface area contributed by atoms with E-state index in [9.17, 15) is 26.3 Å². The highest BCUT2D eigenvalue weighted by Crippen LogP contribution is 2.30. The third-order valence-electron chi connectivity index (χ3n) is 6.04. The molecule has 0 aliphatic heterocycles. The number of benzene rings is 3. The molecular formula is C33H30F6O2. The number of rotatable bonds is 11. The largest absolute Gasteiger partial charge is 0.494 e. The van der Waals surface area contributed by atoms with Gasteiger partial charge in [-0.2, -0.15) is 8.78 Å². The van der Waals surface area contributed by atoms with E-state index in [0.29, 0.717) is 24.3 Å². The molecule has 2 nitrogen and oxygen atoms in total. The van der Waals surface area contributed by atoms with Gasteiger partial charge in [0, 0.05) is 11.1 Å². The highest BCUT2D eigenvalue weighted by atomic mass is 19.2. The van der Waals surface area contributed by atoms with Gasteiger partial charge in [-0.05, 0) is 49.2 Å². The van der Waals surface area contributed by atoms with Gasteiger partial charge in [-0.15, -0.1) is 0 Å². The fourth-order valence-electron chi connectivity index (χ4n) is 3.76. The van der Waals surface area contributed by atoms with Gasteiger partial charge in [0.1, 0.15) is 22.9 Å². The molecule has 41 heavy (non-hydrogen) atoms. The molecule has 0 unspecified atom stereocenters. The van der Waals surface area contributed by atoms with E-state index in [4.69, 9.17) is 9.47 Å². The van der Waals surface area contributed by atoms with Crippen LogP contribution in [-0.4, -0.2) is 13.2 Å². The van der Waals surface area contributed by atoms with Gasteiger partial charge in [-0.3, -0.25) is 0 Å². The Morgan fingerprint density at radius 3 is 1.66 bits per heavy atom. The molecule has 0 aliphatic rings. The summed E-state index contributed by atoms with van der Waals surface area (Å²) < 4.78 is 97.6. The van der Waals surface area contributed by atoms with Crippen molar-refractivity contribution in [3.8, 4) is 35.2 Å². The molecule has 3 aromatic rings. The molecule has 216 valence electrons. The molecule has 3 rings (SSSR count). The SMILES string of the molecule is CCCCCCOc1c(F)c(F)c(C#Cc2c(F)cc(C#Cc3ccc(OCCCCC)cc3)cc2F)c(F)c1F. The Hall–Kier alpha value is -4.04. The van der Waals surface area contributed by atoms with Crippen LogP contribution in [0.4, 0.5) is 26.3 Å². The van der Waals surface area contributed by atoms with Gasteiger partial charge in [-0.1, -0.05) is 69.6 Å². The molecule has 8 heteroatoms. The average molecular weight is 573 g/mol. The quantitative estimate of drug-likeness (QED) is 0.0989. The molecule has 0 aromatic heterocycles. The topological polar surface area (TPSA) is 18.5 Å². The Morgan fingerprint density at radius 2 is 1.05 bits per heavy atom. The maximum Gasteiger partial charge on any atom is 0.205 e. The molecule has 0 saturated carbocycles. The number of halogens is 6. The summed E-state index contributed by atoms with van der Waals surface area (Å²) in [5.41, 5.74) is -1.57. The Balaban J connectivity index is 1.76. The highest BCUT2D eigenvalue weighted by molar-refractivity contribution is 5.51. The second kappa shape index (κ2) is 15.7. The molecule has 0 atom stereocenters. The van der Waals surface area contributed by atoms with Crippen LogP contribution in [0.3, 0.4) is 0 Å². The van der Waals surface area contributed by atoms with Crippen molar-refractivity contribution in [1.29, 1.82) is 0 Å². The zero-order valence-electron chi connectivity index (χ0n) is 22.9. The molecule has 0 fully saturated rings. The van der Waals surface area contributed by atoms with Crippen molar-refractivity contribution in [2.24, 2.45) is 0 Å². The van der Waals surface area contributed by atoms with E-state index in [1.165, 1.54) is 0 Å². The standard InChI is InChI=1S/C33H30F6O2/c1-3-5-7-9-19-41-33-31(38)29(36)26(30(37)32(33)39)17-16-25-27(34)20-23(21-28(25)35)11-10-22-12-14-24(15-13-22)40-18-8-6-4-2/h12-15,20-21H,3-9,18-19H2,1-2H3. The summed E-state index contributed by atoms with van der Waals surface area (Å²) in [5, 5.41) is 0. The van der Waals surface area contributed by atoms with Crippen molar-refractivity contribution in [1.82, 2.24) is 0 Å². The summed E-state index contributed by atoms with van der Waals surface area (Å²) in [6, 6.07) is 8.69. The van der Waals surface area contributed by atoms with Crippen molar-refractivity contribution in [2.45, 2.75) is 58.8 Å². The molecule has 0 spiro atoms. The van der Waals surface area contributed by atoms with E-state index >= 15 is 0 Å². The summed E-state index contributed by atoms with van der Waals surface area (Å²) in [4.78, 5) is 0. The van der Waals surface area contributed by atoms with Gasteiger partial charge >= 0.3 is 0 Å². The predicted molar refractivity (Wildman–Crippen MR) is 146 cm³/mol. The first-order valence-corrected chi connectivity index (χ1v) is 13.5. The fourth-order valence-corrected chi connectivity index (χ4v) is 3.76. The van der Waals surface area contributed by atoms with Crippen molar-refractivity contribution in [3.05, 3.63) is 93.6 Å². The molecular weight excluding hydrogens is 542 g/mol. The minimum absolute atomic E-state index is 0.0136. The fraction of sp³-hybridized carbons (Fsp3) is 0.333. The number of ether oxygens (including phenoxy) is 2. The summed E-state index contributed by atoms with van der Waals surface area (Å²) in [7, 11) is 0. The summed E-state index contributed by atoms with van der Waals surface area (Å²) >= 11 is 0. The van der Waals surface area contributed by atoms with Crippen LogP contribution in [0.5, 0.6) is 11.5 Å². The molecule has 0 aliphatic carbocycles. The van der Waals surface area contributed by atoms with Gasteiger partial charge < -0.3 is 9.47 Å². The van der Waals surface area contributed by atoms with Crippen LogP contribution in [0.25, 0.3) is 0 Å². The van der Waals surface area contributed by atoms with Crippen LogP contribution >= 0.6 is 0 Å². The summed E-state index contributed by atoms with van der Waals surface area (Å²) in [5.74, 6) is -0.847. The third-order valence-corrected chi connectivity index (χ3v) is 6.04. The second-order valence-corrected chi connectivity index (χ2v) is 9.26. The number of hydrogen-bond acceptors (Lipinski definition) is 2. The highest BCUT2D eigenvalue weighted by Gasteiger charge is 2.26. The molecule has 0 saturated heterocycles. The first-order chi connectivity index (χ1) is 19.8. The second-order valence-electron chi connectivity index (χ2n) is 9.26. The van der Waals surface area contributed by atoms with Crippen molar-refractivity contribution in [3.63, 3.8) is 0 Å². The van der Waals surface area contributed by atoms with Crippen LogP contribution in [0, 0.1) is 58.6 Å². The van der Waals surface area contributed by atoms with E-state index < -0.39 is 51.8 Å². The molecule has 0 heterocycles. The van der Waals surface area contributed by atoms with Crippen molar-refractivity contribution in [2.75, 3.05) is 13.2 Å². The average Bonchev–Trinajstić information content (AvgIpc) is 2.96. The Bertz CT molecular complexity index is 1410. The predicted octanol–water partition coefficient (Wildman–Crippen LogP) is 8.85. The molecule has 3 aromatic carbocycles. The van der Waals surface area contributed by atoms with Gasteiger partial charge in [0.25, 0.3) is 0 Å². The normalized spacial score (nSPS) is 10.4. The molecule has 0 N–H and O–H groups in total. The van der Waals surface area contributed by atoms with E-state index in [1.54, 1.807) is 24.3 Å². The van der Waals surface area contributed by atoms with E-state index in [-0.39, 0.29) is 12.2 Å². The lowest BCUT2D eigenvalue weighted by atomic mass is 10.1. The van der Waals surface area contributed by atoms with Crippen LogP contribution in [0.15, 0.2) is 36.4 Å². The smallest absolute Gasteiger partial charge is 0.205 e. The van der Waals surface area contributed by atoms with Crippen LogP contribution < -0.4 is 9.47 Å². The monoisotopic (exact) mass is 572 g/mol. The Labute approximate surface area is 236 Å². The van der Waals surface area contributed by atoms with Crippen molar-refractivity contribution >= 4 is 0 Å². The minimum Gasteiger partial charge on any atom is -0.494 e. The number of hydrogen-bond donors (Lipinski definition) is 0. The number of unbranched alkanes of at least 4 members (excludes halogenated alkanes) is 5. The van der Waals surface area contributed by atoms with E-state index in [1.807, 2.05) is 18.8 Å². The summed E-state index contributed by atoms with van der Waals surface area (Å²) in [6.07, 6.45) is 6.07. The molecule has 0 radical (unpaired) electrons. The van der Waals surface area contributed by atoms with Gasteiger partial charge in [0.05, 0.1) is 18.8 Å². The lowest BCUT2D eigenvalue weighted by Gasteiger charge is -2.11.